The van der Waals surface area contributed by atoms with Crippen LogP contribution in [0.3, 0.4) is 0 Å². The van der Waals surface area contributed by atoms with Crippen molar-refractivity contribution in [3.63, 3.8) is 0 Å². The van der Waals surface area contributed by atoms with Crippen molar-refractivity contribution in [2.45, 2.75) is 33.4 Å². The average molecular weight is 395 g/mol. The van der Waals surface area contributed by atoms with Crippen LogP contribution in [-0.4, -0.2) is 25.9 Å². The van der Waals surface area contributed by atoms with Gasteiger partial charge in [-0.15, -0.1) is 10.2 Å². The molecular formula is C17H16F3N5OS. The molecule has 0 fully saturated rings. The lowest BCUT2D eigenvalue weighted by Gasteiger charge is -2.10. The second-order valence-corrected chi connectivity index (χ2v) is 7.14. The SMILES string of the molecule is Cc1nnc(NC(=O)Cc2c(C)nn(-c3cccc(C(F)(F)F)c3)c2C)s1. The van der Waals surface area contributed by atoms with Crippen molar-refractivity contribution in [1.82, 2.24) is 20.0 Å². The monoisotopic (exact) mass is 395 g/mol. The fourth-order valence-electron chi connectivity index (χ4n) is 2.67. The topological polar surface area (TPSA) is 72.7 Å². The first kappa shape index (κ1) is 19.0. The molecule has 27 heavy (non-hydrogen) atoms. The van der Waals surface area contributed by atoms with Crippen LogP contribution in [0.1, 0.15) is 27.5 Å². The molecule has 2 aromatic heterocycles. The molecule has 0 spiro atoms. The highest BCUT2D eigenvalue weighted by Crippen LogP contribution is 2.31. The Morgan fingerprint density at radius 2 is 1.96 bits per heavy atom. The summed E-state index contributed by atoms with van der Waals surface area (Å²) in [5.74, 6) is -0.291. The summed E-state index contributed by atoms with van der Waals surface area (Å²) in [7, 11) is 0. The van der Waals surface area contributed by atoms with E-state index in [1.165, 1.54) is 22.1 Å². The number of aryl methyl sites for hydroxylation is 2. The molecule has 0 aliphatic rings. The van der Waals surface area contributed by atoms with Gasteiger partial charge in [-0.25, -0.2) is 4.68 Å². The predicted octanol–water partition coefficient (Wildman–Crippen LogP) is 3.85. The summed E-state index contributed by atoms with van der Waals surface area (Å²) in [6, 6.07) is 4.92. The Kier molecular flexibility index (Phi) is 5.01. The van der Waals surface area contributed by atoms with Gasteiger partial charge in [-0.1, -0.05) is 17.4 Å². The lowest BCUT2D eigenvalue weighted by Crippen LogP contribution is -2.15. The van der Waals surface area contributed by atoms with Gasteiger partial charge in [0.05, 0.1) is 23.4 Å². The highest BCUT2D eigenvalue weighted by Gasteiger charge is 2.30. The minimum Gasteiger partial charge on any atom is -0.300 e. The zero-order chi connectivity index (χ0) is 19.8. The van der Waals surface area contributed by atoms with Crippen molar-refractivity contribution in [1.29, 1.82) is 0 Å². The minimum absolute atomic E-state index is 0.0370. The lowest BCUT2D eigenvalue weighted by molar-refractivity contribution is -0.137. The molecule has 1 aromatic carbocycles. The molecule has 6 nitrogen and oxygen atoms in total. The molecule has 2 heterocycles. The van der Waals surface area contributed by atoms with E-state index in [4.69, 9.17) is 0 Å². The molecular weight excluding hydrogens is 379 g/mol. The third kappa shape index (κ3) is 4.16. The fourth-order valence-corrected chi connectivity index (χ4v) is 3.28. The number of alkyl halides is 3. The number of nitrogens with zero attached hydrogens (tertiary/aromatic N) is 4. The van der Waals surface area contributed by atoms with Crippen LogP contribution >= 0.6 is 11.3 Å². The summed E-state index contributed by atoms with van der Waals surface area (Å²) >= 11 is 1.26. The second kappa shape index (κ2) is 7.10. The molecule has 0 aliphatic heterocycles. The molecule has 0 aliphatic carbocycles. The van der Waals surface area contributed by atoms with Gasteiger partial charge in [-0.05, 0) is 39.0 Å². The largest absolute Gasteiger partial charge is 0.416 e. The zero-order valence-corrected chi connectivity index (χ0v) is 15.6. The van der Waals surface area contributed by atoms with Crippen LogP contribution < -0.4 is 5.32 Å². The molecule has 142 valence electrons. The van der Waals surface area contributed by atoms with E-state index in [1.54, 1.807) is 26.8 Å². The highest BCUT2D eigenvalue weighted by atomic mass is 32.1. The first-order valence-corrected chi connectivity index (χ1v) is 8.79. The number of halogens is 3. The normalized spacial score (nSPS) is 11.6. The molecule has 0 bridgehead atoms. The molecule has 3 aromatic rings. The Bertz CT molecular complexity index is 993. The standard InChI is InChI=1S/C17H16F3N5OS/c1-9-14(8-15(26)21-16-23-22-11(3)27-16)10(2)25(24-9)13-6-4-5-12(7-13)17(18,19)20/h4-7H,8H2,1-3H3,(H,21,23,26). The van der Waals surface area contributed by atoms with Crippen molar-refractivity contribution in [3.05, 3.63) is 51.8 Å². The number of carbonyl (C=O) groups is 1. The van der Waals surface area contributed by atoms with Gasteiger partial charge in [0.1, 0.15) is 5.01 Å². The average Bonchev–Trinajstić information content (AvgIpc) is 3.12. The van der Waals surface area contributed by atoms with Gasteiger partial charge in [0.25, 0.3) is 0 Å². The van der Waals surface area contributed by atoms with Gasteiger partial charge in [0.2, 0.25) is 11.0 Å². The lowest BCUT2D eigenvalue weighted by atomic mass is 10.1. The summed E-state index contributed by atoms with van der Waals surface area (Å²) in [6.45, 7) is 5.22. The number of anilines is 1. The summed E-state index contributed by atoms with van der Waals surface area (Å²) in [5.41, 5.74) is 1.38. The summed E-state index contributed by atoms with van der Waals surface area (Å²) in [5, 5.41) is 15.8. The van der Waals surface area contributed by atoms with E-state index in [-0.39, 0.29) is 18.0 Å². The van der Waals surface area contributed by atoms with Crippen molar-refractivity contribution >= 4 is 22.4 Å². The van der Waals surface area contributed by atoms with E-state index in [2.05, 4.69) is 20.6 Å². The zero-order valence-electron chi connectivity index (χ0n) is 14.8. The molecule has 0 saturated carbocycles. The molecule has 1 amide bonds. The van der Waals surface area contributed by atoms with E-state index >= 15 is 0 Å². The number of hydrogen-bond donors (Lipinski definition) is 1. The van der Waals surface area contributed by atoms with Gasteiger partial charge in [-0.3, -0.25) is 4.79 Å². The first-order chi connectivity index (χ1) is 12.6. The molecule has 0 saturated heterocycles. The van der Waals surface area contributed by atoms with E-state index in [1.807, 2.05) is 0 Å². The Hall–Kier alpha value is -2.75. The quantitative estimate of drug-likeness (QED) is 0.728. The number of amides is 1. The number of aromatic nitrogens is 4. The molecule has 0 unspecified atom stereocenters. The van der Waals surface area contributed by atoms with Crippen LogP contribution in [0.4, 0.5) is 18.3 Å². The van der Waals surface area contributed by atoms with Gasteiger partial charge >= 0.3 is 6.18 Å². The van der Waals surface area contributed by atoms with Crippen LogP contribution in [0.15, 0.2) is 24.3 Å². The van der Waals surface area contributed by atoms with Gasteiger partial charge in [0, 0.05) is 11.3 Å². The van der Waals surface area contributed by atoms with E-state index in [9.17, 15) is 18.0 Å². The van der Waals surface area contributed by atoms with E-state index in [0.717, 1.165) is 17.1 Å². The van der Waals surface area contributed by atoms with E-state index in [0.29, 0.717) is 22.1 Å². The van der Waals surface area contributed by atoms with Crippen molar-refractivity contribution in [2.24, 2.45) is 0 Å². The maximum absolute atomic E-state index is 13.0. The summed E-state index contributed by atoms with van der Waals surface area (Å²) < 4.78 is 40.3. The van der Waals surface area contributed by atoms with Gasteiger partial charge in [-0.2, -0.15) is 18.3 Å². The van der Waals surface area contributed by atoms with Crippen LogP contribution in [0.5, 0.6) is 0 Å². The first-order valence-electron chi connectivity index (χ1n) is 7.98. The molecule has 0 radical (unpaired) electrons. The van der Waals surface area contributed by atoms with Crippen molar-refractivity contribution in [3.8, 4) is 5.69 Å². The van der Waals surface area contributed by atoms with Crippen LogP contribution in [0.25, 0.3) is 5.69 Å². The molecule has 3 rings (SSSR count). The number of carbonyl (C=O) groups excluding carboxylic acids is 1. The van der Waals surface area contributed by atoms with E-state index < -0.39 is 11.7 Å². The smallest absolute Gasteiger partial charge is 0.300 e. The molecule has 0 atom stereocenters. The molecule has 10 heteroatoms. The number of benzene rings is 1. The van der Waals surface area contributed by atoms with Crippen LogP contribution in [-0.2, 0) is 17.4 Å². The number of nitrogens with one attached hydrogen (secondary N) is 1. The second-order valence-electron chi connectivity index (χ2n) is 5.96. The Morgan fingerprint density at radius 1 is 1.22 bits per heavy atom. The predicted molar refractivity (Wildman–Crippen MR) is 95.0 cm³/mol. The summed E-state index contributed by atoms with van der Waals surface area (Å²) in [6.07, 6.45) is -4.40. The molecule has 1 N–H and O–H groups in total. The third-order valence-corrected chi connectivity index (χ3v) is 4.72. The van der Waals surface area contributed by atoms with Crippen LogP contribution in [0.2, 0.25) is 0 Å². The maximum atomic E-state index is 13.0. The van der Waals surface area contributed by atoms with Gasteiger partial charge < -0.3 is 5.32 Å². The fraction of sp³-hybridized carbons (Fsp3) is 0.294. The Morgan fingerprint density at radius 3 is 2.59 bits per heavy atom. The van der Waals surface area contributed by atoms with Crippen LogP contribution in [0, 0.1) is 20.8 Å². The van der Waals surface area contributed by atoms with Crippen molar-refractivity contribution < 1.29 is 18.0 Å². The number of hydrogen-bond acceptors (Lipinski definition) is 5. The maximum Gasteiger partial charge on any atom is 0.416 e. The minimum atomic E-state index is -4.44. The Balaban J connectivity index is 1.86. The summed E-state index contributed by atoms with van der Waals surface area (Å²) in [4.78, 5) is 12.3. The third-order valence-electron chi connectivity index (χ3n) is 3.97. The van der Waals surface area contributed by atoms with Crippen molar-refractivity contribution in [2.75, 3.05) is 5.32 Å². The number of rotatable bonds is 4. The van der Waals surface area contributed by atoms with Gasteiger partial charge in [0.15, 0.2) is 0 Å². The highest BCUT2D eigenvalue weighted by molar-refractivity contribution is 7.15. The Labute approximate surface area is 157 Å².